The number of nitrogens with one attached hydrogen (secondary N) is 1. The number of Topliss-reactive ketones (excluding diaryl/α,β-unsaturated/α-hetero) is 1. The molecule has 0 saturated carbocycles. The SMILES string of the molecule is CC(OC(=O)c1ccc2c(c1)C(=O)N(Cc1ccco1)C2=O)C(=O)c1c[nH]c2ccccc12. The van der Waals surface area contributed by atoms with Crippen molar-refractivity contribution >= 4 is 34.5 Å². The Balaban J connectivity index is 1.33. The van der Waals surface area contributed by atoms with Gasteiger partial charge in [-0.2, -0.15) is 0 Å². The Hall–Kier alpha value is -4.46. The zero-order valence-electron chi connectivity index (χ0n) is 17.5. The molecule has 1 N–H and O–H groups in total. The highest BCUT2D eigenvalue weighted by molar-refractivity contribution is 6.22. The molecule has 1 unspecified atom stereocenters. The van der Waals surface area contributed by atoms with Crippen molar-refractivity contribution in [3.05, 3.63) is 95.1 Å². The normalized spacial score (nSPS) is 13.9. The topological polar surface area (TPSA) is 110 Å². The monoisotopic (exact) mass is 442 g/mol. The van der Waals surface area contributed by atoms with Crippen molar-refractivity contribution in [2.45, 2.75) is 19.6 Å². The summed E-state index contributed by atoms with van der Waals surface area (Å²) < 4.78 is 10.6. The molecule has 5 rings (SSSR count). The molecule has 0 radical (unpaired) electrons. The fourth-order valence-electron chi connectivity index (χ4n) is 3.90. The molecule has 1 atom stereocenters. The number of ketones is 1. The van der Waals surface area contributed by atoms with Gasteiger partial charge in [0.05, 0.1) is 29.5 Å². The number of benzene rings is 2. The van der Waals surface area contributed by atoms with Crippen LogP contribution < -0.4 is 0 Å². The average Bonchev–Trinajstić information content (AvgIpc) is 3.55. The summed E-state index contributed by atoms with van der Waals surface area (Å²) in [5, 5.41) is 0.740. The van der Waals surface area contributed by atoms with E-state index in [-0.39, 0.29) is 29.0 Å². The Morgan fingerprint density at radius 1 is 1.03 bits per heavy atom. The molecule has 8 heteroatoms. The van der Waals surface area contributed by atoms with E-state index in [4.69, 9.17) is 9.15 Å². The van der Waals surface area contributed by atoms with Crippen molar-refractivity contribution in [3.63, 3.8) is 0 Å². The van der Waals surface area contributed by atoms with Crippen LogP contribution in [-0.4, -0.2) is 39.6 Å². The van der Waals surface area contributed by atoms with Gasteiger partial charge in [-0.25, -0.2) is 4.79 Å². The number of esters is 1. The van der Waals surface area contributed by atoms with Crippen molar-refractivity contribution in [1.82, 2.24) is 9.88 Å². The summed E-state index contributed by atoms with van der Waals surface area (Å²) in [5.74, 6) is -1.63. The average molecular weight is 442 g/mol. The first-order valence-corrected chi connectivity index (χ1v) is 10.3. The van der Waals surface area contributed by atoms with Gasteiger partial charge >= 0.3 is 5.97 Å². The van der Waals surface area contributed by atoms with Crippen LogP contribution in [0.1, 0.15) is 54.1 Å². The second-order valence-electron chi connectivity index (χ2n) is 7.70. The zero-order valence-corrected chi connectivity index (χ0v) is 17.5. The molecule has 2 amide bonds. The Morgan fingerprint density at radius 2 is 1.82 bits per heavy atom. The van der Waals surface area contributed by atoms with Crippen LogP contribution in [0.3, 0.4) is 0 Å². The highest BCUT2D eigenvalue weighted by atomic mass is 16.5. The standard InChI is InChI=1S/C25H18N2O6/c1-14(22(28)20-12-26-21-7-3-2-6-17(20)21)33-25(31)15-8-9-18-19(11-15)24(30)27(23(18)29)13-16-5-4-10-32-16/h2-12,14,26H,13H2,1H3. The first-order valence-electron chi connectivity index (χ1n) is 10.3. The number of carbonyl (C=O) groups excluding carboxylic acids is 4. The highest BCUT2D eigenvalue weighted by Gasteiger charge is 2.36. The van der Waals surface area contributed by atoms with Crippen LogP contribution in [0.25, 0.3) is 10.9 Å². The summed E-state index contributed by atoms with van der Waals surface area (Å²) >= 11 is 0. The molecule has 1 aliphatic heterocycles. The van der Waals surface area contributed by atoms with Crippen molar-refractivity contribution in [2.75, 3.05) is 0 Å². The largest absolute Gasteiger partial charge is 0.467 e. The number of hydrogen-bond donors (Lipinski definition) is 1. The van der Waals surface area contributed by atoms with E-state index in [1.165, 1.54) is 31.4 Å². The van der Waals surface area contributed by atoms with Gasteiger partial charge in [-0.1, -0.05) is 18.2 Å². The van der Waals surface area contributed by atoms with Gasteiger partial charge in [0.2, 0.25) is 5.78 Å². The van der Waals surface area contributed by atoms with Gasteiger partial charge in [-0.05, 0) is 43.3 Å². The smallest absolute Gasteiger partial charge is 0.338 e. The number of furan rings is 1. The minimum Gasteiger partial charge on any atom is -0.467 e. The van der Waals surface area contributed by atoms with E-state index in [9.17, 15) is 19.2 Å². The number of H-pyrrole nitrogens is 1. The lowest BCUT2D eigenvalue weighted by Gasteiger charge is -2.12. The third-order valence-corrected chi connectivity index (χ3v) is 5.61. The van der Waals surface area contributed by atoms with Gasteiger partial charge in [-0.3, -0.25) is 19.3 Å². The highest BCUT2D eigenvalue weighted by Crippen LogP contribution is 2.26. The predicted octanol–water partition coefficient (Wildman–Crippen LogP) is 3.99. The van der Waals surface area contributed by atoms with Gasteiger partial charge in [0, 0.05) is 22.7 Å². The second-order valence-corrected chi connectivity index (χ2v) is 7.70. The molecule has 0 spiro atoms. The lowest BCUT2D eigenvalue weighted by atomic mass is 10.0. The predicted molar refractivity (Wildman–Crippen MR) is 117 cm³/mol. The number of ether oxygens (including phenoxy) is 1. The molecule has 3 heterocycles. The van der Waals surface area contributed by atoms with Crippen LogP contribution in [0.4, 0.5) is 0 Å². The number of amides is 2. The molecular formula is C25H18N2O6. The molecule has 2 aromatic carbocycles. The second kappa shape index (κ2) is 7.90. The van der Waals surface area contributed by atoms with Crippen molar-refractivity contribution < 1.29 is 28.3 Å². The number of para-hydroxylation sites is 1. The fourth-order valence-corrected chi connectivity index (χ4v) is 3.90. The lowest BCUT2D eigenvalue weighted by molar-refractivity contribution is 0.0319. The molecule has 164 valence electrons. The van der Waals surface area contributed by atoms with E-state index in [0.717, 1.165) is 15.8 Å². The lowest BCUT2D eigenvalue weighted by Crippen LogP contribution is -2.28. The Morgan fingerprint density at radius 3 is 2.61 bits per heavy atom. The molecule has 0 fully saturated rings. The molecule has 33 heavy (non-hydrogen) atoms. The van der Waals surface area contributed by atoms with E-state index in [1.807, 2.05) is 24.3 Å². The number of aromatic amines is 1. The third kappa shape index (κ3) is 3.51. The third-order valence-electron chi connectivity index (χ3n) is 5.61. The van der Waals surface area contributed by atoms with Gasteiger partial charge in [0.1, 0.15) is 5.76 Å². The van der Waals surface area contributed by atoms with Gasteiger partial charge in [-0.15, -0.1) is 0 Å². The van der Waals surface area contributed by atoms with Crippen molar-refractivity contribution in [1.29, 1.82) is 0 Å². The Bertz CT molecular complexity index is 1420. The Labute approximate surface area is 187 Å². The van der Waals surface area contributed by atoms with Crippen LogP contribution in [-0.2, 0) is 11.3 Å². The fraction of sp³-hybridized carbons (Fsp3) is 0.120. The summed E-state index contributed by atoms with van der Waals surface area (Å²) in [6.45, 7) is 1.49. The molecular weight excluding hydrogens is 424 g/mol. The summed E-state index contributed by atoms with van der Waals surface area (Å²) in [6.07, 6.45) is 2.00. The number of hydrogen-bond acceptors (Lipinski definition) is 6. The molecule has 2 aromatic heterocycles. The maximum absolute atomic E-state index is 12.9. The quantitative estimate of drug-likeness (QED) is 0.275. The van der Waals surface area contributed by atoms with Crippen LogP contribution in [0.5, 0.6) is 0 Å². The first kappa shape index (κ1) is 20.4. The van der Waals surface area contributed by atoms with E-state index in [2.05, 4.69) is 4.98 Å². The van der Waals surface area contributed by atoms with Crippen LogP contribution in [0.2, 0.25) is 0 Å². The minimum atomic E-state index is -1.04. The number of nitrogens with zero attached hydrogens (tertiary/aromatic N) is 1. The van der Waals surface area contributed by atoms with E-state index < -0.39 is 23.9 Å². The molecule has 1 aliphatic rings. The molecule has 4 aromatic rings. The number of carbonyl (C=O) groups is 4. The van der Waals surface area contributed by atoms with E-state index in [1.54, 1.807) is 18.3 Å². The van der Waals surface area contributed by atoms with Crippen molar-refractivity contribution in [2.24, 2.45) is 0 Å². The maximum Gasteiger partial charge on any atom is 0.338 e. The first-order chi connectivity index (χ1) is 15.9. The number of rotatable bonds is 6. The summed E-state index contributed by atoms with van der Waals surface area (Å²) in [5.41, 5.74) is 1.62. The van der Waals surface area contributed by atoms with Gasteiger partial charge in [0.25, 0.3) is 11.8 Å². The van der Waals surface area contributed by atoms with E-state index in [0.29, 0.717) is 11.3 Å². The number of aromatic nitrogens is 1. The number of imide groups is 1. The maximum atomic E-state index is 12.9. The van der Waals surface area contributed by atoms with E-state index >= 15 is 0 Å². The minimum absolute atomic E-state index is 0.00468. The molecule has 0 bridgehead atoms. The van der Waals surface area contributed by atoms with Crippen LogP contribution in [0, 0.1) is 0 Å². The molecule has 0 aliphatic carbocycles. The van der Waals surface area contributed by atoms with Crippen LogP contribution in [0.15, 0.2) is 71.5 Å². The zero-order chi connectivity index (χ0) is 23.1. The number of fused-ring (bicyclic) bond motifs is 2. The summed E-state index contributed by atoms with van der Waals surface area (Å²) in [4.78, 5) is 55.0. The Kier molecular flexibility index (Phi) is 4.90. The summed E-state index contributed by atoms with van der Waals surface area (Å²) in [6, 6.07) is 14.8. The van der Waals surface area contributed by atoms with Crippen LogP contribution >= 0.6 is 0 Å². The van der Waals surface area contributed by atoms with Gasteiger partial charge < -0.3 is 14.1 Å². The molecule has 8 nitrogen and oxygen atoms in total. The van der Waals surface area contributed by atoms with Crippen molar-refractivity contribution in [3.8, 4) is 0 Å². The summed E-state index contributed by atoms with van der Waals surface area (Å²) in [7, 11) is 0. The van der Waals surface area contributed by atoms with Gasteiger partial charge in [0.15, 0.2) is 6.10 Å². The molecule has 0 saturated heterocycles.